The monoisotopic (exact) mass is 727 g/mol. The van der Waals surface area contributed by atoms with E-state index in [9.17, 15) is 36.3 Å². The summed E-state index contributed by atoms with van der Waals surface area (Å²) in [6, 6.07) is -0.228. The minimum absolute atomic E-state index is 0.0322. The van der Waals surface area contributed by atoms with Crippen LogP contribution in [0.1, 0.15) is 90.4 Å². The van der Waals surface area contributed by atoms with Gasteiger partial charge in [0.2, 0.25) is 40.7 Å². The summed E-state index contributed by atoms with van der Waals surface area (Å²) >= 11 is 0. The van der Waals surface area contributed by atoms with Crippen molar-refractivity contribution in [3.8, 4) is 5.75 Å². The topological polar surface area (TPSA) is 133 Å². The molecule has 0 bridgehead atoms. The van der Waals surface area contributed by atoms with Gasteiger partial charge in [0.15, 0.2) is 0 Å². The number of esters is 1. The average molecular weight is 728 g/mol. The Morgan fingerprint density at radius 3 is 1.44 bits per heavy atom. The molecule has 0 radical (unpaired) electrons. The van der Waals surface area contributed by atoms with E-state index in [1.54, 1.807) is 0 Å². The van der Waals surface area contributed by atoms with Crippen LogP contribution >= 0.6 is 0 Å². The predicted molar refractivity (Wildman–Crippen MR) is 175 cm³/mol. The smallest absolute Gasteiger partial charge is 0.337 e. The van der Waals surface area contributed by atoms with Gasteiger partial charge in [-0.25, -0.2) is 22.8 Å². The van der Waals surface area contributed by atoms with Crippen molar-refractivity contribution >= 4 is 17.9 Å². The van der Waals surface area contributed by atoms with E-state index >= 15 is 0 Å². The van der Waals surface area contributed by atoms with Crippen LogP contribution in [0.5, 0.6) is 5.75 Å². The van der Waals surface area contributed by atoms with E-state index in [1.807, 2.05) is 0 Å². The molecule has 16 heteroatoms. The Bertz CT molecular complexity index is 1070. The Hall–Kier alpha value is -3.08. The van der Waals surface area contributed by atoms with E-state index in [-0.39, 0.29) is 58.1 Å². The highest BCUT2D eigenvalue weighted by Gasteiger charge is 2.28. The normalized spacial score (nSPS) is 11.1. The zero-order valence-electron chi connectivity index (χ0n) is 29.1. The third-order valence-electron chi connectivity index (χ3n) is 7.25. The lowest BCUT2D eigenvalue weighted by Crippen LogP contribution is -2.37. The Labute approximate surface area is 291 Å². The molecule has 50 heavy (non-hydrogen) atoms. The molecule has 0 aromatic heterocycles. The maximum atomic E-state index is 13.5. The first-order chi connectivity index (χ1) is 24.2. The molecular formula is C34H54F5N3O8. The minimum atomic E-state index is -2.38. The highest BCUT2D eigenvalue weighted by atomic mass is 19.2. The highest BCUT2D eigenvalue weighted by Crippen LogP contribution is 2.29. The van der Waals surface area contributed by atoms with E-state index in [2.05, 4.69) is 27.6 Å². The van der Waals surface area contributed by atoms with Crippen molar-refractivity contribution in [2.24, 2.45) is 0 Å². The van der Waals surface area contributed by atoms with Crippen LogP contribution in [0, 0.1) is 29.1 Å². The first-order valence-corrected chi connectivity index (χ1v) is 17.5. The number of rotatable bonds is 31. The molecule has 0 aliphatic rings. The van der Waals surface area contributed by atoms with Crippen LogP contribution in [-0.4, -0.2) is 90.4 Å². The fourth-order valence-electron chi connectivity index (χ4n) is 4.54. The largest absolute Gasteiger partial charge is 0.418 e. The number of hydrogen-bond acceptors (Lipinski definition) is 8. The molecule has 3 N–H and O–H groups in total. The second-order valence-corrected chi connectivity index (χ2v) is 11.5. The van der Waals surface area contributed by atoms with Crippen molar-refractivity contribution < 1.29 is 60.0 Å². The molecule has 0 atom stereocenters. The molecular weight excluding hydrogens is 673 g/mol. The highest BCUT2D eigenvalue weighted by molar-refractivity contribution is 5.77. The molecule has 1 rings (SSSR count). The lowest BCUT2D eigenvalue weighted by Gasteiger charge is -2.10. The van der Waals surface area contributed by atoms with Crippen molar-refractivity contribution in [3.05, 3.63) is 29.1 Å². The second kappa shape index (κ2) is 29.6. The number of unbranched alkanes of at least 4 members (excludes halogenated alkanes) is 12. The van der Waals surface area contributed by atoms with E-state index in [4.69, 9.17) is 18.9 Å². The van der Waals surface area contributed by atoms with Crippen molar-refractivity contribution in [3.63, 3.8) is 0 Å². The predicted octanol–water partition coefficient (Wildman–Crippen LogP) is 5.86. The van der Waals surface area contributed by atoms with Gasteiger partial charge in [-0.1, -0.05) is 84.0 Å². The minimum Gasteiger partial charge on any atom is -0.418 e. The van der Waals surface area contributed by atoms with Gasteiger partial charge in [-0.15, -0.1) is 0 Å². The number of ether oxygens (including phenoxy) is 5. The summed E-state index contributed by atoms with van der Waals surface area (Å²) in [5.41, 5.74) is 0. The number of amides is 3. The number of benzene rings is 1. The summed E-state index contributed by atoms with van der Waals surface area (Å²) in [6.45, 7) is 2.96. The van der Waals surface area contributed by atoms with Crippen LogP contribution in [0.15, 0.2) is 0 Å². The van der Waals surface area contributed by atoms with Gasteiger partial charge >= 0.3 is 12.0 Å². The van der Waals surface area contributed by atoms with Crippen molar-refractivity contribution in [2.75, 3.05) is 72.5 Å². The molecule has 0 unspecified atom stereocenters. The lowest BCUT2D eigenvalue weighted by molar-refractivity contribution is -0.140. The van der Waals surface area contributed by atoms with Crippen LogP contribution in [0.3, 0.4) is 0 Å². The number of nitrogens with one attached hydrogen (secondary N) is 3. The molecule has 0 saturated carbocycles. The fourth-order valence-corrected chi connectivity index (χ4v) is 4.54. The Morgan fingerprint density at radius 2 is 0.900 bits per heavy atom. The summed E-state index contributed by atoms with van der Waals surface area (Å²) in [4.78, 5) is 35.2. The van der Waals surface area contributed by atoms with Gasteiger partial charge in [0.25, 0.3) is 0 Å². The molecule has 0 aliphatic heterocycles. The van der Waals surface area contributed by atoms with E-state index in [1.165, 1.54) is 70.6 Å². The molecule has 288 valence electrons. The number of halogens is 5. The summed E-state index contributed by atoms with van der Waals surface area (Å²) in [6.07, 6.45) is 16.6. The molecule has 0 spiro atoms. The van der Waals surface area contributed by atoms with Gasteiger partial charge in [0.05, 0.1) is 39.6 Å². The number of carbonyl (C=O) groups excluding carboxylic acids is 3. The molecule has 1 aromatic carbocycles. The fraction of sp³-hybridized carbons (Fsp3) is 0.735. The number of carbonyl (C=O) groups is 3. The number of hydrogen-bond donors (Lipinski definition) is 3. The first-order valence-electron chi connectivity index (χ1n) is 17.5. The zero-order chi connectivity index (χ0) is 36.8. The Morgan fingerprint density at radius 1 is 0.480 bits per heavy atom. The van der Waals surface area contributed by atoms with E-state index in [0.29, 0.717) is 19.7 Å². The van der Waals surface area contributed by atoms with Gasteiger partial charge in [0, 0.05) is 19.6 Å². The van der Waals surface area contributed by atoms with Crippen LogP contribution in [0.2, 0.25) is 0 Å². The van der Waals surface area contributed by atoms with Crippen molar-refractivity contribution in [1.29, 1.82) is 0 Å². The molecule has 0 aliphatic carbocycles. The quantitative estimate of drug-likeness (QED) is 0.0217. The van der Waals surface area contributed by atoms with Crippen LogP contribution in [0.4, 0.5) is 26.7 Å². The maximum absolute atomic E-state index is 13.5. The standard InChI is InChI=1S/C34H54F5N3O8/c1-2-3-4-5-6-7-8-9-10-11-12-13-14-15-41-34(45)42-17-19-47-20-22-48-24-26(43)40-16-18-46-21-23-49-25-27(44)50-33-31(38)29(36)28(35)30(37)32(33)39/h2-25H2,1H3,(H,40,43)(H2,41,42,45). The van der Waals surface area contributed by atoms with Gasteiger partial charge < -0.3 is 39.6 Å². The summed E-state index contributed by atoms with van der Waals surface area (Å²) in [7, 11) is 0. The van der Waals surface area contributed by atoms with Crippen LogP contribution in [0.25, 0.3) is 0 Å². The zero-order valence-corrected chi connectivity index (χ0v) is 29.1. The molecule has 0 fully saturated rings. The summed E-state index contributed by atoms with van der Waals surface area (Å²) in [5.74, 6) is -14.9. The maximum Gasteiger partial charge on any atom is 0.337 e. The van der Waals surface area contributed by atoms with Crippen LogP contribution < -0.4 is 20.7 Å². The van der Waals surface area contributed by atoms with Gasteiger partial charge in [-0.3, -0.25) is 4.79 Å². The molecule has 0 saturated heterocycles. The van der Waals surface area contributed by atoms with Crippen LogP contribution in [-0.2, 0) is 28.5 Å². The Balaban J connectivity index is 1.86. The first kappa shape index (κ1) is 44.9. The number of urea groups is 1. The Kier molecular flexibility index (Phi) is 26.6. The third kappa shape index (κ3) is 21.9. The lowest BCUT2D eigenvalue weighted by atomic mass is 10.0. The molecule has 11 nitrogen and oxygen atoms in total. The third-order valence-corrected chi connectivity index (χ3v) is 7.25. The van der Waals surface area contributed by atoms with Crippen molar-refractivity contribution in [2.45, 2.75) is 90.4 Å². The summed E-state index contributed by atoms with van der Waals surface area (Å²) < 4.78 is 91.2. The van der Waals surface area contributed by atoms with Crippen molar-refractivity contribution in [1.82, 2.24) is 16.0 Å². The molecule has 0 heterocycles. The van der Waals surface area contributed by atoms with Gasteiger partial charge in [-0.05, 0) is 6.42 Å². The second-order valence-electron chi connectivity index (χ2n) is 11.5. The molecule has 3 amide bonds. The summed E-state index contributed by atoms with van der Waals surface area (Å²) in [5, 5.41) is 8.12. The average Bonchev–Trinajstić information content (AvgIpc) is 3.10. The molecule has 1 aromatic rings. The SMILES string of the molecule is CCCCCCCCCCCCCCCNC(=O)NCCOCCOCC(=O)NCCOCCOCC(=O)Oc1c(F)c(F)c(F)c(F)c1F. The van der Waals surface area contributed by atoms with E-state index < -0.39 is 47.4 Å². The van der Waals surface area contributed by atoms with E-state index in [0.717, 1.165) is 12.8 Å². The van der Waals surface area contributed by atoms with Gasteiger partial charge in [0.1, 0.15) is 13.2 Å². The van der Waals surface area contributed by atoms with Gasteiger partial charge in [-0.2, -0.15) is 8.78 Å².